The molecule has 0 spiro atoms. The van der Waals surface area contributed by atoms with Crippen LogP contribution in [0.1, 0.15) is 17.4 Å². The number of sulfonamides is 1. The van der Waals surface area contributed by atoms with E-state index in [1.54, 1.807) is 13.0 Å². The molecule has 1 saturated heterocycles. The Labute approximate surface area is 176 Å². The Balaban J connectivity index is 1.60. The minimum absolute atomic E-state index is 0.00821. The summed E-state index contributed by atoms with van der Waals surface area (Å²) in [6, 6.07) is 5.98. The summed E-state index contributed by atoms with van der Waals surface area (Å²) in [6.45, 7) is 1.65. The number of hydrogen-bond donors (Lipinski definition) is 2. The van der Waals surface area contributed by atoms with Crippen LogP contribution in [0.3, 0.4) is 0 Å². The number of rotatable bonds is 5. The lowest BCUT2D eigenvalue weighted by Gasteiger charge is -2.41. The lowest BCUT2D eigenvalue weighted by atomic mass is 10.0. The first-order chi connectivity index (χ1) is 14.7. The highest BCUT2D eigenvalue weighted by atomic mass is 32.2. The van der Waals surface area contributed by atoms with E-state index in [0.717, 1.165) is 6.07 Å². The van der Waals surface area contributed by atoms with Crippen LogP contribution in [-0.2, 0) is 10.0 Å². The quantitative estimate of drug-likeness (QED) is 0.613. The lowest BCUT2D eigenvalue weighted by Crippen LogP contribution is -2.58. The molecule has 0 unspecified atom stereocenters. The number of likely N-dealkylation sites (tertiary alicyclic amines) is 1. The highest BCUT2D eigenvalue weighted by Gasteiger charge is 2.39. The molecule has 1 fully saturated rings. The van der Waals surface area contributed by atoms with Gasteiger partial charge in [-0.05, 0) is 44.3 Å². The normalized spacial score (nSPS) is 18.6. The topological polar surface area (TPSA) is 117 Å². The van der Waals surface area contributed by atoms with Gasteiger partial charge in [0.2, 0.25) is 16.0 Å². The second-order valence-electron chi connectivity index (χ2n) is 6.99. The summed E-state index contributed by atoms with van der Waals surface area (Å²) in [7, 11) is -2.55. The van der Waals surface area contributed by atoms with Crippen LogP contribution in [-0.4, -0.2) is 60.0 Å². The summed E-state index contributed by atoms with van der Waals surface area (Å²) in [6.07, 6.45) is 0.403. The molecule has 2 atom stereocenters. The van der Waals surface area contributed by atoms with Crippen LogP contribution in [0.25, 0.3) is 11.0 Å². The number of amides is 1. The Kier molecular flexibility index (Phi) is 5.27. The predicted molar refractivity (Wildman–Crippen MR) is 109 cm³/mol. The molecule has 12 heteroatoms. The molecular formula is C19H18F2N6O3S. The van der Waals surface area contributed by atoms with E-state index in [2.05, 4.69) is 25.0 Å². The number of carbonyl (C=O) groups excluding carboxylic acids is 1. The van der Waals surface area contributed by atoms with E-state index >= 15 is 0 Å². The van der Waals surface area contributed by atoms with Gasteiger partial charge in [0.05, 0.1) is 23.2 Å². The van der Waals surface area contributed by atoms with Crippen molar-refractivity contribution < 1.29 is 22.0 Å². The number of halogens is 2. The summed E-state index contributed by atoms with van der Waals surface area (Å²) in [4.78, 5) is 26.2. The molecule has 4 rings (SSSR count). The molecule has 0 saturated carbocycles. The number of nitrogens with zero attached hydrogens (tertiary/aromatic N) is 4. The summed E-state index contributed by atoms with van der Waals surface area (Å²) >= 11 is 0. The van der Waals surface area contributed by atoms with E-state index in [0.29, 0.717) is 5.39 Å². The number of carbonyl (C=O) groups is 1. The first-order valence-corrected chi connectivity index (χ1v) is 10.8. The van der Waals surface area contributed by atoms with Crippen LogP contribution in [0.4, 0.5) is 20.4 Å². The number of fused-ring (bicyclic) bond motifs is 1. The minimum atomic E-state index is -3.78. The molecular weight excluding hydrogens is 430 g/mol. The third kappa shape index (κ3) is 3.91. The van der Waals surface area contributed by atoms with Crippen LogP contribution in [0.15, 0.2) is 41.4 Å². The number of nitrogens with one attached hydrogen (secondary N) is 2. The molecule has 1 amide bonds. The Morgan fingerprint density at radius 1 is 1.23 bits per heavy atom. The molecule has 1 aliphatic rings. The summed E-state index contributed by atoms with van der Waals surface area (Å²) in [5, 5.41) is 3.22. The maximum absolute atomic E-state index is 14.4. The van der Waals surface area contributed by atoms with E-state index in [9.17, 15) is 22.0 Å². The van der Waals surface area contributed by atoms with Crippen molar-refractivity contribution in [1.29, 1.82) is 0 Å². The molecule has 3 aromatic rings. The van der Waals surface area contributed by atoms with Crippen LogP contribution >= 0.6 is 0 Å². The maximum Gasteiger partial charge on any atom is 0.272 e. The van der Waals surface area contributed by atoms with Crippen LogP contribution < -0.4 is 10.0 Å². The summed E-state index contributed by atoms with van der Waals surface area (Å²) in [5.41, 5.74) is 0.275. The zero-order valence-electron chi connectivity index (χ0n) is 16.5. The zero-order chi connectivity index (χ0) is 22.3. The highest BCUT2D eigenvalue weighted by Crippen LogP contribution is 2.24. The molecule has 0 aliphatic carbocycles. The van der Waals surface area contributed by atoms with E-state index in [4.69, 9.17) is 0 Å². The molecule has 1 aromatic carbocycles. The van der Waals surface area contributed by atoms with E-state index in [-0.39, 0.29) is 34.4 Å². The number of pyridine rings is 1. The van der Waals surface area contributed by atoms with Crippen molar-refractivity contribution in [2.75, 3.05) is 18.9 Å². The van der Waals surface area contributed by atoms with Crippen molar-refractivity contribution in [2.45, 2.75) is 24.0 Å². The monoisotopic (exact) mass is 448 g/mol. The average Bonchev–Trinajstić information content (AvgIpc) is 2.77. The number of benzene rings is 1. The highest BCUT2D eigenvalue weighted by molar-refractivity contribution is 7.89. The van der Waals surface area contributed by atoms with Gasteiger partial charge >= 0.3 is 0 Å². The van der Waals surface area contributed by atoms with Gasteiger partial charge in [-0.25, -0.2) is 31.9 Å². The number of anilines is 2. The van der Waals surface area contributed by atoms with Gasteiger partial charge in [0, 0.05) is 11.6 Å². The van der Waals surface area contributed by atoms with Gasteiger partial charge in [-0.2, -0.15) is 4.98 Å². The van der Waals surface area contributed by atoms with Crippen LogP contribution in [0.5, 0.6) is 0 Å². The van der Waals surface area contributed by atoms with Gasteiger partial charge < -0.3 is 10.2 Å². The van der Waals surface area contributed by atoms with Crippen molar-refractivity contribution in [2.24, 2.45) is 0 Å². The fraction of sp³-hybridized carbons (Fsp3) is 0.263. The van der Waals surface area contributed by atoms with Crippen LogP contribution in [0, 0.1) is 5.82 Å². The van der Waals surface area contributed by atoms with Gasteiger partial charge in [-0.3, -0.25) is 4.79 Å². The zero-order valence-corrected chi connectivity index (χ0v) is 17.3. The largest absolute Gasteiger partial charge is 0.329 e. The molecule has 0 bridgehead atoms. The first-order valence-electron chi connectivity index (χ1n) is 9.28. The molecule has 0 radical (unpaired) electrons. The van der Waals surface area contributed by atoms with Crippen molar-refractivity contribution >= 4 is 38.6 Å². The van der Waals surface area contributed by atoms with Gasteiger partial charge in [0.1, 0.15) is 17.7 Å². The Morgan fingerprint density at radius 3 is 2.65 bits per heavy atom. The van der Waals surface area contributed by atoms with Crippen molar-refractivity contribution in [3.05, 3.63) is 48.0 Å². The minimum Gasteiger partial charge on any atom is -0.329 e. The second-order valence-corrected chi connectivity index (χ2v) is 8.88. The first kappa shape index (κ1) is 21.0. The Morgan fingerprint density at radius 2 is 2.00 bits per heavy atom. The number of aromatic nitrogens is 3. The fourth-order valence-electron chi connectivity index (χ4n) is 3.07. The van der Waals surface area contributed by atoms with E-state index in [1.165, 1.54) is 36.3 Å². The SMILES string of the molecule is CNS(=O)(=O)c1ccc(Nc2ncc3ccc(C(=O)N4C[C@H](F)[C@@H]4C)nc3n2)c(F)c1. The third-order valence-corrected chi connectivity index (χ3v) is 6.49. The molecule has 9 nitrogen and oxygen atoms in total. The molecule has 31 heavy (non-hydrogen) atoms. The van der Waals surface area contributed by atoms with Gasteiger partial charge in [0.25, 0.3) is 5.91 Å². The molecule has 3 heterocycles. The van der Waals surface area contributed by atoms with Gasteiger partial charge in [-0.1, -0.05) is 0 Å². The standard InChI is InChI=1S/C19H18F2N6O3S/c1-10-14(21)9-27(10)18(28)16-5-3-11-8-23-19(26-17(11)24-16)25-15-6-4-12(7-13(15)20)31(29,30)22-2/h3-8,10,14,22H,9H2,1-2H3,(H,23,24,25,26)/t10-,14-/m0/s1. The molecule has 162 valence electrons. The Bertz CT molecular complexity index is 1290. The summed E-state index contributed by atoms with van der Waals surface area (Å²) < 4.78 is 53.4. The lowest BCUT2D eigenvalue weighted by molar-refractivity contribution is 0.00598. The molecule has 1 aliphatic heterocycles. The second kappa shape index (κ2) is 7.78. The fourth-order valence-corrected chi connectivity index (χ4v) is 3.81. The van der Waals surface area contributed by atoms with Crippen molar-refractivity contribution in [3.8, 4) is 0 Å². The molecule has 2 aromatic heterocycles. The van der Waals surface area contributed by atoms with Crippen LogP contribution in [0.2, 0.25) is 0 Å². The van der Waals surface area contributed by atoms with Gasteiger partial charge in [-0.15, -0.1) is 0 Å². The molecule has 2 N–H and O–H groups in total. The average molecular weight is 448 g/mol. The van der Waals surface area contributed by atoms with Gasteiger partial charge in [0.15, 0.2) is 5.65 Å². The smallest absolute Gasteiger partial charge is 0.272 e. The van der Waals surface area contributed by atoms with E-state index < -0.39 is 34.0 Å². The third-order valence-electron chi connectivity index (χ3n) is 5.08. The van der Waals surface area contributed by atoms with Crippen molar-refractivity contribution in [3.63, 3.8) is 0 Å². The van der Waals surface area contributed by atoms with E-state index in [1.807, 2.05) is 0 Å². The number of alkyl halides is 1. The number of hydrogen-bond acceptors (Lipinski definition) is 7. The predicted octanol–water partition coefficient (Wildman–Crippen LogP) is 2.00. The maximum atomic E-state index is 14.4. The summed E-state index contributed by atoms with van der Waals surface area (Å²) in [5.74, 6) is -1.21. The Hall–Kier alpha value is -3.25. The van der Waals surface area contributed by atoms with Crippen molar-refractivity contribution in [1.82, 2.24) is 24.6 Å².